The van der Waals surface area contributed by atoms with E-state index < -0.39 is 0 Å². The van der Waals surface area contributed by atoms with Gasteiger partial charge in [-0.25, -0.2) is 0 Å². The maximum absolute atomic E-state index is 11.9. The number of nitrogens with zero attached hydrogens (tertiary/aromatic N) is 1. The van der Waals surface area contributed by atoms with Gasteiger partial charge in [0.15, 0.2) is 12.5 Å². The third kappa shape index (κ3) is 1.85. The van der Waals surface area contributed by atoms with E-state index in [2.05, 4.69) is 0 Å². The SMILES string of the molecule is O=Cc1ccc2ccccc2c1-c1cccc[n+]1[O-]. The summed E-state index contributed by atoms with van der Waals surface area (Å²) in [4.78, 5) is 11.2. The van der Waals surface area contributed by atoms with Crippen LogP contribution in [0.2, 0.25) is 0 Å². The van der Waals surface area contributed by atoms with Crippen LogP contribution in [-0.4, -0.2) is 6.29 Å². The molecule has 0 amide bonds. The Morgan fingerprint density at radius 3 is 2.53 bits per heavy atom. The van der Waals surface area contributed by atoms with Gasteiger partial charge in [0.25, 0.3) is 0 Å². The minimum Gasteiger partial charge on any atom is -0.618 e. The first-order valence-electron chi connectivity index (χ1n) is 5.97. The van der Waals surface area contributed by atoms with Crippen molar-refractivity contribution in [1.82, 2.24) is 0 Å². The minimum atomic E-state index is 0.487. The van der Waals surface area contributed by atoms with Crippen LogP contribution in [0.3, 0.4) is 0 Å². The van der Waals surface area contributed by atoms with Gasteiger partial charge in [-0.15, -0.1) is 0 Å². The quantitative estimate of drug-likeness (QED) is 0.398. The predicted octanol–water partition coefficient (Wildman–Crippen LogP) is 2.95. The Labute approximate surface area is 110 Å². The highest BCUT2D eigenvalue weighted by Gasteiger charge is 2.15. The van der Waals surface area contributed by atoms with E-state index >= 15 is 0 Å². The lowest BCUT2D eigenvalue weighted by Gasteiger charge is -2.09. The second-order valence-corrected chi connectivity index (χ2v) is 4.28. The van der Waals surface area contributed by atoms with Gasteiger partial charge in [-0.2, -0.15) is 4.73 Å². The van der Waals surface area contributed by atoms with Crippen molar-refractivity contribution < 1.29 is 9.52 Å². The van der Waals surface area contributed by atoms with Crippen molar-refractivity contribution in [2.45, 2.75) is 0 Å². The number of hydrogen-bond donors (Lipinski definition) is 0. The second-order valence-electron chi connectivity index (χ2n) is 4.28. The first-order chi connectivity index (χ1) is 9.31. The second kappa shape index (κ2) is 4.53. The number of benzene rings is 2. The van der Waals surface area contributed by atoms with E-state index in [0.29, 0.717) is 16.8 Å². The van der Waals surface area contributed by atoms with E-state index in [1.165, 1.54) is 6.20 Å². The van der Waals surface area contributed by atoms with E-state index in [9.17, 15) is 10.0 Å². The summed E-state index contributed by atoms with van der Waals surface area (Å²) in [5, 5.41) is 13.8. The Bertz CT molecular complexity index is 766. The summed E-state index contributed by atoms with van der Waals surface area (Å²) < 4.78 is 0.786. The summed E-state index contributed by atoms with van der Waals surface area (Å²) in [5.74, 6) is 0. The molecule has 0 aliphatic heterocycles. The van der Waals surface area contributed by atoms with E-state index in [1.807, 2.05) is 30.3 Å². The number of pyridine rings is 1. The van der Waals surface area contributed by atoms with Crippen molar-refractivity contribution in [1.29, 1.82) is 0 Å². The van der Waals surface area contributed by atoms with Crippen LogP contribution in [0.25, 0.3) is 22.0 Å². The Hall–Kier alpha value is -2.68. The standard InChI is InChI=1S/C16H11NO2/c18-11-13-9-8-12-5-1-2-6-14(12)16(13)15-7-3-4-10-17(15)19/h1-11H. The number of fused-ring (bicyclic) bond motifs is 1. The summed E-state index contributed by atoms with van der Waals surface area (Å²) in [6.45, 7) is 0. The number of rotatable bonds is 2. The summed E-state index contributed by atoms with van der Waals surface area (Å²) >= 11 is 0. The molecule has 0 bridgehead atoms. The average Bonchev–Trinajstić information content (AvgIpc) is 2.47. The summed E-state index contributed by atoms with van der Waals surface area (Å²) in [7, 11) is 0. The first kappa shape index (κ1) is 11.4. The monoisotopic (exact) mass is 249 g/mol. The Balaban J connectivity index is 2.44. The summed E-state index contributed by atoms with van der Waals surface area (Å²) in [6, 6.07) is 16.5. The lowest BCUT2D eigenvalue weighted by molar-refractivity contribution is -0.593. The van der Waals surface area contributed by atoms with Gasteiger partial charge in [0.05, 0.1) is 5.56 Å². The molecule has 0 aliphatic carbocycles. The molecule has 0 saturated heterocycles. The van der Waals surface area contributed by atoms with Crippen LogP contribution in [0.5, 0.6) is 0 Å². The largest absolute Gasteiger partial charge is 0.618 e. The number of carbonyl (C=O) groups excluding carboxylic acids is 1. The molecule has 0 aliphatic rings. The molecule has 0 N–H and O–H groups in total. The van der Waals surface area contributed by atoms with Crippen LogP contribution in [-0.2, 0) is 0 Å². The fourth-order valence-corrected chi connectivity index (χ4v) is 2.29. The van der Waals surface area contributed by atoms with Crippen LogP contribution in [0.15, 0.2) is 60.8 Å². The topological polar surface area (TPSA) is 44.0 Å². The molecular weight excluding hydrogens is 238 g/mol. The first-order valence-corrected chi connectivity index (χ1v) is 5.97. The molecule has 1 heterocycles. The van der Waals surface area contributed by atoms with Crippen LogP contribution in [0.1, 0.15) is 10.4 Å². The Kier molecular flexibility index (Phi) is 2.72. The molecule has 3 heteroatoms. The zero-order valence-electron chi connectivity index (χ0n) is 10.1. The molecule has 0 fully saturated rings. The van der Waals surface area contributed by atoms with Gasteiger partial charge >= 0.3 is 0 Å². The molecule has 2 aromatic carbocycles. The number of hydrogen-bond acceptors (Lipinski definition) is 2. The molecule has 3 rings (SSSR count). The molecule has 3 aromatic rings. The number of aromatic nitrogens is 1. The summed E-state index contributed by atoms with van der Waals surface area (Å²) in [6.07, 6.45) is 2.22. The lowest BCUT2D eigenvalue weighted by atomic mass is 9.97. The van der Waals surface area contributed by atoms with Crippen LogP contribution < -0.4 is 4.73 Å². The molecular formula is C16H11NO2. The minimum absolute atomic E-state index is 0.487. The predicted molar refractivity (Wildman–Crippen MR) is 73.7 cm³/mol. The molecule has 0 saturated carbocycles. The van der Waals surface area contributed by atoms with Crippen molar-refractivity contribution in [2.24, 2.45) is 0 Å². The smallest absolute Gasteiger partial charge is 0.225 e. The van der Waals surface area contributed by atoms with Crippen molar-refractivity contribution in [3.63, 3.8) is 0 Å². The van der Waals surface area contributed by atoms with E-state index in [4.69, 9.17) is 0 Å². The van der Waals surface area contributed by atoms with Gasteiger partial charge in [0, 0.05) is 17.7 Å². The van der Waals surface area contributed by atoms with Crippen molar-refractivity contribution in [3.8, 4) is 11.3 Å². The van der Waals surface area contributed by atoms with Crippen LogP contribution >= 0.6 is 0 Å². The highest BCUT2D eigenvalue weighted by molar-refractivity contribution is 6.03. The van der Waals surface area contributed by atoms with E-state index in [-0.39, 0.29) is 0 Å². The van der Waals surface area contributed by atoms with Crippen LogP contribution in [0.4, 0.5) is 0 Å². The maximum atomic E-state index is 11.9. The number of carbonyl (C=O) groups is 1. The molecule has 92 valence electrons. The molecule has 1 aromatic heterocycles. The van der Waals surface area contributed by atoms with Crippen molar-refractivity contribution in [3.05, 3.63) is 71.6 Å². The van der Waals surface area contributed by atoms with Gasteiger partial charge in [-0.3, -0.25) is 4.79 Å². The van der Waals surface area contributed by atoms with Gasteiger partial charge in [0.2, 0.25) is 5.69 Å². The molecule has 19 heavy (non-hydrogen) atoms. The van der Waals surface area contributed by atoms with Gasteiger partial charge in [0.1, 0.15) is 0 Å². The molecule has 0 spiro atoms. The molecule has 0 radical (unpaired) electrons. The maximum Gasteiger partial charge on any atom is 0.225 e. The van der Waals surface area contributed by atoms with Crippen LogP contribution in [0, 0.1) is 5.21 Å². The van der Waals surface area contributed by atoms with Crippen molar-refractivity contribution in [2.75, 3.05) is 0 Å². The molecule has 0 unspecified atom stereocenters. The van der Waals surface area contributed by atoms with Gasteiger partial charge in [-0.05, 0) is 16.8 Å². The zero-order valence-corrected chi connectivity index (χ0v) is 10.1. The average molecular weight is 249 g/mol. The third-order valence-electron chi connectivity index (χ3n) is 3.17. The van der Waals surface area contributed by atoms with Gasteiger partial charge < -0.3 is 5.21 Å². The van der Waals surface area contributed by atoms with Gasteiger partial charge in [-0.1, -0.05) is 36.4 Å². The fraction of sp³-hybridized carbons (Fsp3) is 0. The highest BCUT2D eigenvalue weighted by atomic mass is 16.5. The molecule has 3 nitrogen and oxygen atoms in total. The summed E-state index contributed by atoms with van der Waals surface area (Å²) in [5.41, 5.74) is 1.69. The normalized spacial score (nSPS) is 10.5. The molecule has 0 atom stereocenters. The van der Waals surface area contributed by atoms with Crippen molar-refractivity contribution >= 4 is 17.1 Å². The third-order valence-corrected chi connectivity index (χ3v) is 3.17. The zero-order chi connectivity index (χ0) is 13.2. The van der Waals surface area contributed by atoms with E-state index in [0.717, 1.165) is 21.8 Å². The van der Waals surface area contributed by atoms with E-state index in [1.54, 1.807) is 24.3 Å². The number of aldehydes is 1. The highest BCUT2D eigenvalue weighted by Crippen LogP contribution is 2.29. The fourth-order valence-electron chi connectivity index (χ4n) is 2.29. The Morgan fingerprint density at radius 1 is 0.947 bits per heavy atom. The Morgan fingerprint density at radius 2 is 1.74 bits per heavy atom. The lowest BCUT2D eigenvalue weighted by Crippen LogP contribution is -2.28.